The molecule has 0 aromatic carbocycles. The van der Waals surface area contributed by atoms with Crippen LogP contribution in [0.15, 0.2) is 4.99 Å². The highest BCUT2D eigenvalue weighted by Gasteiger charge is 2.27. The molecule has 1 fully saturated rings. The molecular formula is C10H18N4O3. The van der Waals surface area contributed by atoms with Crippen LogP contribution in [0.2, 0.25) is 0 Å². The van der Waals surface area contributed by atoms with Crippen molar-refractivity contribution in [3.63, 3.8) is 0 Å². The summed E-state index contributed by atoms with van der Waals surface area (Å²) in [5, 5.41) is 10.8. The monoisotopic (exact) mass is 242 g/mol. The molecule has 0 bridgehead atoms. The van der Waals surface area contributed by atoms with E-state index in [2.05, 4.69) is 10.3 Å². The maximum absolute atomic E-state index is 11.6. The molecule has 2 atom stereocenters. The van der Waals surface area contributed by atoms with Crippen LogP contribution in [-0.2, 0) is 9.59 Å². The Bertz CT molecular complexity index is 326. The van der Waals surface area contributed by atoms with Gasteiger partial charge in [-0.05, 0) is 19.3 Å². The molecule has 0 aromatic rings. The standard InChI is InChI=1S/C10H18N4O3/c11-10(12)14-7-3-1-2-6(4-7)9(17)13-5-8(15)16/h6-7H,1-5H2,(H,13,17)(H,15,16)(H4,11,12,14). The molecule has 7 heteroatoms. The summed E-state index contributed by atoms with van der Waals surface area (Å²) in [6.07, 6.45) is 3.05. The zero-order valence-electron chi connectivity index (χ0n) is 9.56. The van der Waals surface area contributed by atoms with Gasteiger partial charge in [-0.3, -0.25) is 14.6 Å². The van der Waals surface area contributed by atoms with Crippen molar-refractivity contribution in [1.29, 1.82) is 0 Å². The highest BCUT2D eigenvalue weighted by atomic mass is 16.4. The lowest BCUT2D eigenvalue weighted by Gasteiger charge is -2.25. The van der Waals surface area contributed by atoms with Crippen molar-refractivity contribution in [2.45, 2.75) is 31.7 Å². The van der Waals surface area contributed by atoms with E-state index in [0.717, 1.165) is 19.3 Å². The number of hydrogen-bond acceptors (Lipinski definition) is 3. The summed E-state index contributed by atoms with van der Waals surface area (Å²) >= 11 is 0. The normalized spacial score (nSPS) is 23.8. The Balaban J connectivity index is 2.46. The number of nitrogens with two attached hydrogens (primary N) is 2. The number of amides is 1. The molecule has 0 radical (unpaired) electrons. The van der Waals surface area contributed by atoms with Gasteiger partial charge in [-0.25, -0.2) is 0 Å². The van der Waals surface area contributed by atoms with E-state index in [4.69, 9.17) is 16.6 Å². The Morgan fingerprint density at radius 2 is 2.06 bits per heavy atom. The van der Waals surface area contributed by atoms with Crippen molar-refractivity contribution < 1.29 is 14.7 Å². The van der Waals surface area contributed by atoms with E-state index in [9.17, 15) is 9.59 Å². The fourth-order valence-corrected chi connectivity index (χ4v) is 2.04. The number of carbonyl (C=O) groups excluding carboxylic acids is 1. The van der Waals surface area contributed by atoms with E-state index in [1.807, 2.05) is 0 Å². The Morgan fingerprint density at radius 3 is 2.65 bits per heavy atom. The van der Waals surface area contributed by atoms with Crippen LogP contribution in [0.4, 0.5) is 0 Å². The third kappa shape index (κ3) is 4.71. The number of rotatable bonds is 4. The molecule has 6 N–H and O–H groups in total. The summed E-state index contributed by atoms with van der Waals surface area (Å²) in [4.78, 5) is 26.0. The summed E-state index contributed by atoms with van der Waals surface area (Å²) in [5.74, 6) is -1.45. The van der Waals surface area contributed by atoms with Crippen LogP contribution in [0.25, 0.3) is 0 Å². The molecule has 0 saturated heterocycles. The van der Waals surface area contributed by atoms with Gasteiger partial charge >= 0.3 is 5.97 Å². The maximum Gasteiger partial charge on any atom is 0.322 e. The largest absolute Gasteiger partial charge is 0.480 e. The Kier molecular flexibility index (Phi) is 4.74. The first-order valence-corrected chi connectivity index (χ1v) is 5.57. The van der Waals surface area contributed by atoms with Gasteiger partial charge in [0.2, 0.25) is 5.91 Å². The predicted octanol–water partition coefficient (Wildman–Crippen LogP) is -0.981. The SMILES string of the molecule is NC(N)=NC1CCCC(C(=O)NCC(=O)O)C1. The second-order valence-electron chi connectivity index (χ2n) is 4.18. The van der Waals surface area contributed by atoms with E-state index in [0.29, 0.717) is 6.42 Å². The number of hydrogen-bond donors (Lipinski definition) is 4. The van der Waals surface area contributed by atoms with E-state index < -0.39 is 5.97 Å². The van der Waals surface area contributed by atoms with Crippen LogP contribution >= 0.6 is 0 Å². The maximum atomic E-state index is 11.6. The summed E-state index contributed by atoms with van der Waals surface area (Å²) in [6, 6.07) is -0.0330. The Morgan fingerprint density at radius 1 is 1.35 bits per heavy atom. The fourth-order valence-electron chi connectivity index (χ4n) is 2.04. The molecular weight excluding hydrogens is 224 g/mol. The summed E-state index contributed by atoms with van der Waals surface area (Å²) in [6.45, 7) is -0.345. The number of aliphatic imine (C=N–C) groups is 1. The molecule has 1 saturated carbocycles. The average molecular weight is 242 g/mol. The molecule has 0 spiro atoms. The Hall–Kier alpha value is -1.79. The van der Waals surface area contributed by atoms with E-state index >= 15 is 0 Å². The molecule has 1 amide bonds. The van der Waals surface area contributed by atoms with Crippen LogP contribution in [0.5, 0.6) is 0 Å². The quantitative estimate of drug-likeness (QED) is 0.371. The number of carboxylic acids is 1. The number of aliphatic carboxylic acids is 1. The van der Waals surface area contributed by atoms with Crippen molar-refractivity contribution >= 4 is 17.8 Å². The predicted molar refractivity (Wildman–Crippen MR) is 62.2 cm³/mol. The molecule has 96 valence electrons. The summed E-state index contributed by atoms with van der Waals surface area (Å²) in [7, 11) is 0. The van der Waals surface area contributed by atoms with Crippen molar-refractivity contribution in [3.05, 3.63) is 0 Å². The second kappa shape index (κ2) is 6.07. The number of nitrogens with one attached hydrogen (secondary N) is 1. The highest BCUT2D eigenvalue weighted by molar-refractivity contribution is 5.83. The van der Waals surface area contributed by atoms with E-state index in [-0.39, 0.29) is 30.4 Å². The number of nitrogens with zero attached hydrogens (tertiary/aromatic N) is 1. The average Bonchev–Trinajstić information content (AvgIpc) is 2.25. The number of carbonyl (C=O) groups is 2. The first-order valence-electron chi connectivity index (χ1n) is 5.57. The smallest absolute Gasteiger partial charge is 0.322 e. The lowest BCUT2D eigenvalue weighted by molar-refractivity contribution is -0.138. The number of guanidine groups is 1. The van der Waals surface area contributed by atoms with Gasteiger partial charge in [-0.1, -0.05) is 6.42 Å². The minimum absolute atomic E-state index is 0.0293. The van der Waals surface area contributed by atoms with E-state index in [1.165, 1.54) is 0 Å². The van der Waals surface area contributed by atoms with Crippen LogP contribution in [-0.4, -0.2) is 35.5 Å². The minimum Gasteiger partial charge on any atom is -0.480 e. The molecule has 7 nitrogen and oxygen atoms in total. The lowest BCUT2D eigenvalue weighted by Crippen LogP contribution is -2.38. The lowest BCUT2D eigenvalue weighted by atomic mass is 9.85. The van der Waals surface area contributed by atoms with Gasteiger partial charge in [0.15, 0.2) is 5.96 Å². The summed E-state index contributed by atoms with van der Waals surface area (Å²) in [5.41, 5.74) is 10.6. The van der Waals surface area contributed by atoms with Gasteiger partial charge in [0.1, 0.15) is 6.54 Å². The van der Waals surface area contributed by atoms with Crippen molar-refractivity contribution in [3.8, 4) is 0 Å². The molecule has 2 unspecified atom stereocenters. The first kappa shape index (κ1) is 13.3. The molecule has 1 aliphatic rings. The van der Waals surface area contributed by atoms with Crippen molar-refractivity contribution in [2.24, 2.45) is 22.4 Å². The third-order valence-electron chi connectivity index (χ3n) is 2.76. The second-order valence-corrected chi connectivity index (χ2v) is 4.18. The van der Waals surface area contributed by atoms with Gasteiger partial charge in [0.05, 0.1) is 6.04 Å². The molecule has 1 aliphatic carbocycles. The molecule has 0 aliphatic heterocycles. The molecule has 0 heterocycles. The first-order chi connectivity index (χ1) is 7.99. The van der Waals surface area contributed by atoms with Gasteiger partial charge in [-0.2, -0.15) is 0 Å². The van der Waals surface area contributed by atoms with Crippen LogP contribution < -0.4 is 16.8 Å². The summed E-state index contributed by atoms with van der Waals surface area (Å²) < 4.78 is 0. The zero-order chi connectivity index (χ0) is 12.8. The third-order valence-corrected chi connectivity index (χ3v) is 2.76. The fraction of sp³-hybridized carbons (Fsp3) is 0.700. The van der Waals surface area contributed by atoms with Gasteiger partial charge < -0.3 is 21.9 Å². The zero-order valence-corrected chi connectivity index (χ0v) is 9.56. The molecule has 17 heavy (non-hydrogen) atoms. The molecule has 0 aromatic heterocycles. The Labute approximate surface area is 99.3 Å². The van der Waals surface area contributed by atoms with Gasteiger partial charge in [0.25, 0.3) is 0 Å². The van der Waals surface area contributed by atoms with Crippen LogP contribution in [0.1, 0.15) is 25.7 Å². The van der Waals surface area contributed by atoms with Crippen molar-refractivity contribution in [2.75, 3.05) is 6.54 Å². The molecule has 1 rings (SSSR count). The van der Waals surface area contributed by atoms with Crippen molar-refractivity contribution in [1.82, 2.24) is 5.32 Å². The van der Waals surface area contributed by atoms with Crippen LogP contribution in [0, 0.1) is 5.92 Å². The van der Waals surface area contributed by atoms with Gasteiger partial charge in [-0.15, -0.1) is 0 Å². The highest BCUT2D eigenvalue weighted by Crippen LogP contribution is 2.26. The minimum atomic E-state index is -1.05. The number of carboxylic acid groups (broad SMARTS) is 1. The van der Waals surface area contributed by atoms with E-state index in [1.54, 1.807) is 0 Å². The topological polar surface area (TPSA) is 131 Å². The van der Waals surface area contributed by atoms with Gasteiger partial charge in [0, 0.05) is 5.92 Å². The van der Waals surface area contributed by atoms with Crippen LogP contribution in [0.3, 0.4) is 0 Å².